The van der Waals surface area contributed by atoms with Gasteiger partial charge in [0.1, 0.15) is 0 Å². The molecule has 1 saturated heterocycles. The Balaban J connectivity index is 1.91. The summed E-state index contributed by atoms with van der Waals surface area (Å²) in [6, 6.07) is 8.27. The molecule has 26 heavy (non-hydrogen) atoms. The van der Waals surface area contributed by atoms with E-state index in [4.69, 9.17) is 9.84 Å². The van der Waals surface area contributed by atoms with E-state index in [0.717, 1.165) is 61.3 Å². The molecular weight excluding hydrogens is 326 g/mol. The van der Waals surface area contributed by atoms with Crippen LogP contribution >= 0.6 is 0 Å². The first-order valence-electron chi connectivity index (χ1n) is 9.71. The van der Waals surface area contributed by atoms with Crippen LogP contribution in [0.3, 0.4) is 0 Å². The molecule has 5 nitrogen and oxygen atoms in total. The summed E-state index contributed by atoms with van der Waals surface area (Å²) in [5.74, 6) is -0.0286. The highest BCUT2D eigenvalue weighted by Gasteiger charge is 2.24. The molecule has 140 valence electrons. The van der Waals surface area contributed by atoms with Gasteiger partial charge in [0.25, 0.3) is 5.91 Å². The summed E-state index contributed by atoms with van der Waals surface area (Å²) < 4.78 is 7.56. The summed E-state index contributed by atoms with van der Waals surface area (Å²) in [5.41, 5.74) is 4.81. The van der Waals surface area contributed by atoms with Crippen molar-refractivity contribution >= 4 is 5.91 Å². The van der Waals surface area contributed by atoms with Crippen LogP contribution in [0.15, 0.2) is 24.3 Å². The van der Waals surface area contributed by atoms with Crippen molar-refractivity contribution < 1.29 is 9.53 Å². The number of nitrogens with zero attached hydrogens (tertiary/aromatic N) is 2. The van der Waals surface area contributed by atoms with Crippen LogP contribution in [0.25, 0.3) is 5.69 Å². The van der Waals surface area contributed by atoms with Crippen LogP contribution in [-0.4, -0.2) is 34.9 Å². The Labute approximate surface area is 155 Å². The smallest absolute Gasteiger partial charge is 0.255 e. The fourth-order valence-corrected chi connectivity index (χ4v) is 3.50. The minimum Gasteiger partial charge on any atom is -0.376 e. The number of benzene rings is 1. The quantitative estimate of drug-likeness (QED) is 0.825. The monoisotopic (exact) mass is 355 g/mol. The molecule has 1 aliphatic heterocycles. The fourth-order valence-electron chi connectivity index (χ4n) is 3.50. The fraction of sp³-hybridized carbons (Fsp3) is 0.524. The van der Waals surface area contributed by atoms with Crippen molar-refractivity contribution in [2.24, 2.45) is 0 Å². The second-order valence-corrected chi connectivity index (χ2v) is 6.96. The predicted molar refractivity (Wildman–Crippen MR) is 103 cm³/mol. The van der Waals surface area contributed by atoms with Gasteiger partial charge in [0, 0.05) is 13.2 Å². The molecule has 1 fully saturated rings. The Morgan fingerprint density at radius 3 is 2.69 bits per heavy atom. The molecule has 1 aromatic heterocycles. The van der Waals surface area contributed by atoms with Gasteiger partial charge in [-0.2, -0.15) is 5.10 Å². The van der Waals surface area contributed by atoms with Crippen LogP contribution in [0.1, 0.15) is 60.4 Å². The van der Waals surface area contributed by atoms with Crippen LogP contribution in [0, 0.1) is 6.92 Å². The van der Waals surface area contributed by atoms with Crippen LogP contribution in [0.5, 0.6) is 0 Å². The second-order valence-electron chi connectivity index (χ2n) is 6.96. The van der Waals surface area contributed by atoms with Crippen molar-refractivity contribution in [2.75, 3.05) is 13.2 Å². The standard InChI is InChI=1S/C21H29N3O2/c1-4-7-18-20(21(25)22-14-17-8-6-13-26-17)19(5-2)24(23-18)16-11-9-15(3)10-12-16/h9-12,17H,4-8,13-14H2,1-3H3,(H,22,25)/t17-/m0/s1. The summed E-state index contributed by atoms with van der Waals surface area (Å²) in [6.45, 7) is 7.63. The van der Waals surface area contributed by atoms with E-state index in [2.05, 4.69) is 50.4 Å². The Morgan fingerprint density at radius 2 is 2.08 bits per heavy atom. The molecule has 0 radical (unpaired) electrons. The maximum absolute atomic E-state index is 13.0. The average molecular weight is 355 g/mol. The molecule has 1 N–H and O–H groups in total. The van der Waals surface area contributed by atoms with Gasteiger partial charge < -0.3 is 10.1 Å². The van der Waals surface area contributed by atoms with Crippen molar-refractivity contribution in [1.29, 1.82) is 0 Å². The normalized spacial score (nSPS) is 16.8. The first-order chi connectivity index (χ1) is 12.6. The highest BCUT2D eigenvalue weighted by molar-refractivity contribution is 5.96. The van der Waals surface area contributed by atoms with E-state index in [9.17, 15) is 4.79 Å². The highest BCUT2D eigenvalue weighted by atomic mass is 16.5. The first kappa shape index (κ1) is 18.6. The number of amides is 1. The predicted octanol–water partition coefficient (Wildman–Crippen LogP) is 3.60. The number of rotatable bonds is 7. The van der Waals surface area contributed by atoms with Gasteiger partial charge in [-0.05, 0) is 44.7 Å². The molecular formula is C21H29N3O2. The van der Waals surface area contributed by atoms with Gasteiger partial charge in [0.2, 0.25) is 0 Å². The molecule has 0 aliphatic carbocycles. The summed E-state index contributed by atoms with van der Waals surface area (Å²) in [6.07, 6.45) is 4.76. The number of nitrogens with one attached hydrogen (secondary N) is 1. The first-order valence-corrected chi connectivity index (χ1v) is 9.71. The van der Waals surface area contributed by atoms with E-state index in [-0.39, 0.29) is 12.0 Å². The zero-order chi connectivity index (χ0) is 18.5. The van der Waals surface area contributed by atoms with Crippen molar-refractivity contribution in [1.82, 2.24) is 15.1 Å². The number of aryl methyl sites for hydroxylation is 2. The summed E-state index contributed by atoms with van der Waals surface area (Å²) in [7, 11) is 0. The van der Waals surface area contributed by atoms with E-state index < -0.39 is 0 Å². The van der Waals surface area contributed by atoms with E-state index in [1.54, 1.807) is 0 Å². The lowest BCUT2D eigenvalue weighted by Crippen LogP contribution is -2.32. The summed E-state index contributed by atoms with van der Waals surface area (Å²) >= 11 is 0. The van der Waals surface area contributed by atoms with E-state index >= 15 is 0 Å². The molecule has 0 saturated carbocycles. The van der Waals surface area contributed by atoms with Crippen LogP contribution < -0.4 is 5.32 Å². The molecule has 2 aromatic rings. The molecule has 2 heterocycles. The van der Waals surface area contributed by atoms with Gasteiger partial charge in [-0.25, -0.2) is 4.68 Å². The molecule has 3 rings (SSSR count). The second kappa shape index (κ2) is 8.49. The van der Waals surface area contributed by atoms with Gasteiger partial charge in [-0.1, -0.05) is 38.0 Å². The number of carbonyl (C=O) groups is 1. The lowest BCUT2D eigenvalue weighted by molar-refractivity contribution is 0.0856. The van der Waals surface area contributed by atoms with Gasteiger partial charge in [0.05, 0.1) is 28.7 Å². The molecule has 0 unspecified atom stereocenters. The summed E-state index contributed by atoms with van der Waals surface area (Å²) in [5, 5.41) is 7.87. The topological polar surface area (TPSA) is 56.2 Å². The Morgan fingerprint density at radius 1 is 1.31 bits per heavy atom. The van der Waals surface area contributed by atoms with Gasteiger partial charge in [0.15, 0.2) is 0 Å². The molecule has 1 aliphatic rings. The molecule has 1 aromatic carbocycles. The Hall–Kier alpha value is -2.14. The van der Waals surface area contributed by atoms with Gasteiger partial charge in [-0.15, -0.1) is 0 Å². The molecule has 5 heteroatoms. The molecule has 1 atom stereocenters. The summed E-state index contributed by atoms with van der Waals surface area (Å²) in [4.78, 5) is 13.0. The third kappa shape index (κ3) is 3.98. The third-order valence-corrected chi connectivity index (χ3v) is 4.90. The van der Waals surface area contributed by atoms with Gasteiger partial charge >= 0.3 is 0 Å². The van der Waals surface area contributed by atoms with Crippen LogP contribution in [0.2, 0.25) is 0 Å². The highest BCUT2D eigenvalue weighted by Crippen LogP contribution is 2.22. The van der Waals surface area contributed by atoms with E-state index in [1.165, 1.54) is 5.56 Å². The lowest BCUT2D eigenvalue weighted by atomic mass is 10.1. The Kier molecular flexibility index (Phi) is 6.09. The van der Waals surface area contributed by atoms with Crippen molar-refractivity contribution in [3.63, 3.8) is 0 Å². The number of hydrogen-bond acceptors (Lipinski definition) is 3. The van der Waals surface area contributed by atoms with E-state index in [1.807, 2.05) is 4.68 Å². The largest absolute Gasteiger partial charge is 0.376 e. The van der Waals surface area contributed by atoms with Crippen molar-refractivity contribution in [3.8, 4) is 5.69 Å². The van der Waals surface area contributed by atoms with Crippen molar-refractivity contribution in [3.05, 3.63) is 46.8 Å². The minimum absolute atomic E-state index is 0.0286. The number of hydrogen-bond donors (Lipinski definition) is 1. The third-order valence-electron chi connectivity index (χ3n) is 4.90. The van der Waals surface area contributed by atoms with Crippen LogP contribution in [-0.2, 0) is 17.6 Å². The SMILES string of the molecule is CCCc1nn(-c2ccc(C)cc2)c(CC)c1C(=O)NC[C@@H]1CCCO1. The molecule has 0 bridgehead atoms. The van der Waals surface area contributed by atoms with Crippen LogP contribution in [0.4, 0.5) is 0 Å². The Bertz CT molecular complexity index is 743. The molecule has 0 spiro atoms. The number of aromatic nitrogens is 2. The van der Waals surface area contributed by atoms with Crippen molar-refractivity contribution in [2.45, 2.75) is 59.0 Å². The zero-order valence-electron chi connectivity index (χ0n) is 16.0. The average Bonchev–Trinajstić information content (AvgIpc) is 3.28. The zero-order valence-corrected chi connectivity index (χ0v) is 16.0. The molecule has 1 amide bonds. The number of carbonyl (C=O) groups excluding carboxylic acids is 1. The van der Waals surface area contributed by atoms with E-state index in [0.29, 0.717) is 6.54 Å². The maximum atomic E-state index is 13.0. The number of ether oxygens (including phenoxy) is 1. The maximum Gasteiger partial charge on any atom is 0.255 e. The minimum atomic E-state index is -0.0286. The lowest BCUT2D eigenvalue weighted by Gasteiger charge is -2.12. The van der Waals surface area contributed by atoms with Gasteiger partial charge in [-0.3, -0.25) is 4.79 Å².